The fourth-order valence-electron chi connectivity index (χ4n) is 6.96. The van der Waals surface area contributed by atoms with Crippen LogP contribution in [0.5, 0.6) is 0 Å². The van der Waals surface area contributed by atoms with Gasteiger partial charge in [0.15, 0.2) is 5.69 Å². The number of quaternary nitrogens is 1. The van der Waals surface area contributed by atoms with Gasteiger partial charge in [-0.05, 0) is 57.3 Å². The van der Waals surface area contributed by atoms with Gasteiger partial charge in [0.25, 0.3) is 0 Å². The number of fused-ring (bicyclic) bond motifs is 10. The van der Waals surface area contributed by atoms with Crippen LogP contribution in [0.4, 0.5) is 11.4 Å². The molecule has 0 saturated heterocycles. The molecule has 0 radical (unpaired) electrons. The third kappa shape index (κ3) is 3.29. The molecule has 41 heavy (non-hydrogen) atoms. The third-order valence-electron chi connectivity index (χ3n) is 9.02. The van der Waals surface area contributed by atoms with Crippen molar-refractivity contribution in [3.63, 3.8) is 0 Å². The van der Waals surface area contributed by atoms with Gasteiger partial charge in [0, 0.05) is 45.7 Å². The molecule has 7 aromatic carbocycles. The van der Waals surface area contributed by atoms with Gasteiger partial charge in [0.1, 0.15) is 5.69 Å². The van der Waals surface area contributed by atoms with Crippen LogP contribution in [0.3, 0.4) is 0 Å². The number of nitrogens with zero attached hydrogens (tertiary/aromatic N) is 1. The van der Waals surface area contributed by atoms with Crippen LogP contribution in [-0.4, -0.2) is 4.57 Å². The monoisotopic (exact) mass is 523 g/mol. The molecule has 2 heteroatoms. The van der Waals surface area contributed by atoms with E-state index < -0.39 is 0 Å². The van der Waals surface area contributed by atoms with Crippen LogP contribution in [0, 0.1) is 0 Å². The molecule has 2 nitrogen and oxygen atoms in total. The normalized spacial score (nSPS) is 12.4. The lowest BCUT2D eigenvalue weighted by Crippen LogP contribution is -2.69. The van der Waals surface area contributed by atoms with Gasteiger partial charge in [-0.1, -0.05) is 103 Å². The minimum Gasteiger partial charge on any atom is -0.343 e. The highest BCUT2D eigenvalue weighted by Gasteiger charge is 2.27. The van der Waals surface area contributed by atoms with Gasteiger partial charge in [0.2, 0.25) is 0 Å². The van der Waals surface area contributed by atoms with E-state index in [1.807, 2.05) is 0 Å². The first-order valence-corrected chi connectivity index (χ1v) is 14.2. The molecule has 8 aromatic rings. The van der Waals surface area contributed by atoms with Crippen LogP contribution in [0.25, 0.3) is 76.7 Å². The van der Waals surface area contributed by atoms with E-state index in [-0.39, 0.29) is 0 Å². The van der Waals surface area contributed by atoms with Crippen molar-refractivity contribution in [1.29, 1.82) is 0 Å². The second kappa shape index (κ2) is 8.41. The molecular weight excluding hydrogens is 496 g/mol. The van der Waals surface area contributed by atoms with Gasteiger partial charge in [-0.2, -0.15) is 0 Å². The largest absolute Gasteiger partial charge is 0.343 e. The minimum atomic E-state index is 1.25. The predicted molar refractivity (Wildman–Crippen MR) is 173 cm³/mol. The summed E-state index contributed by atoms with van der Waals surface area (Å²) in [6.07, 6.45) is 0. The highest BCUT2D eigenvalue weighted by atomic mass is 15.0. The second-order valence-corrected chi connectivity index (χ2v) is 11.3. The quantitative estimate of drug-likeness (QED) is 0.218. The summed E-state index contributed by atoms with van der Waals surface area (Å²) in [6.45, 7) is 0. The van der Waals surface area contributed by atoms with Crippen molar-refractivity contribution in [2.75, 3.05) is 0 Å². The SMILES string of the molecule is Cn1c2cc3c(cc2c2ccc4ccc(-c5ccccc5)cc4c21)[NH2+]c1c-3ccc2ccc(-c3ccccc3)cc12. The summed E-state index contributed by atoms with van der Waals surface area (Å²) in [5, 5.41) is 10.2. The first-order valence-electron chi connectivity index (χ1n) is 14.2. The van der Waals surface area contributed by atoms with Gasteiger partial charge < -0.3 is 4.57 Å². The molecule has 0 spiro atoms. The number of aromatic nitrogens is 1. The zero-order valence-corrected chi connectivity index (χ0v) is 22.7. The fourth-order valence-corrected chi connectivity index (χ4v) is 6.96. The molecule has 192 valence electrons. The molecule has 0 fully saturated rings. The molecule has 0 aliphatic carbocycles. The summed E-state index contributed by atoms with van der Waals surface area (Å²) in [5.41, 5.74) is 12.8. The number of hydrogen-bond donors (Lipinski definition) is 1. The van der Waals surface area contributed by atoms with Crippen molar-refractivity contribution in [3.05, 3.63) is 133 Å². The first-order chi connectivity index (χ1) is 20.2. The molecule has 0 saturated carbocycles. The Morgan fingerprint density at radius 2 is 1.07 bits per heavy atom. The average molecular weight is 524 g/mol. The van der Waals surface area contributed by atoms with Crippen LogP contribution in [-0.2, 0) is 7.05 Å². The Kier molecular flexibility index (Phi) is 4.64. The molecule has 2 heterocycles. The van der Waals surface area contributed by atoms with Crippen LogP contribution in [0.2, 0.25) is 0 Å². The number of benzene rings is 7. The molecule has 9 rings (SSSR count). The lowest BCUT2D eigenvalue weighted by molar-refractivity contribution is -0.471. The van der Waals surface area contributed by atoms with E-state index in [1.165, 1.54) is 88.1 Å². The molecule has 1 aliphatic heterocycles. The topological polar surface area (TPSA) is 21.5 Å². The maximum atomic E-state index is 2.41. The van der Waals surface area contributed by atoms with Crippen molar-refractivity contribution in [3.8, 4) is 33.4 Å². The smallest absolute Gasteiger partial charge is 0.150 e. The Hall–Kier alpha value is -5.18. The van der Waals surface area contributed by atoms with E-state index in [1.54, 1.807) is 0 Å². The molecule has 1 aromatic heterocycles. The van der Waals surface area contributed by atoms with E-state index in [0.29, 0.717) is 0 Å². The number of hydrogen-bond acceptors (Lipinski definition) is 0. The van der Waals surface area contributed by atoms with Gasteiger partial charge in [-0.15, -0.1) is 0 Å². The van der Waals surface area contributed by atoms with Crippen LogP contribution in [0.15, 0.2) is 133 Å². The molecule has 0 unspecified atom stereocenters. The lowest BCUT2D eigenvalue weighted by atomic mass is 9.96. The fraction of sp³-hybridized carbons (Fsp3) is 0.0256. The van der Waals surface area contributed by atoms with Crippen molar-refractivity contribution >= 4 is 54.7 Å². The highest BCUT2D eigenvalue weighted by Crippen LogP contribution is 2.45. The van der Waals surface area contributed by atoms with Crippen LogP contribution < -0.4 is 5.32 Å². The Bertz CT molecular complexity index is 2330. The predicted octanol–water partition coefficient (Wildman–Crippen LogP) is 9.48. The number of aryl methyl sites for hydroxylation is 1. The maximum Gasteiger partial charge on any atom is 0.150 e. The van der Waals surface area contributed by atoms with Crippen molar-refractivity contribution in [2.24, 2.45) is 7.05 Å². The van der Waals surface area contributed by atoms with E-state index >= 15 is 0 Å². The summed E-state index contributed by atoms with van der Waals surface area (Å²) >= 11 is 0. The Labute approximate surface area is 238 Å². The van der Waals surface area contributed by atoms with E-state index in [0.717, 1.165) is 0 Å². The minimum absolute atomic E-state index is 1.25. The van der Waals surface area contributed by atoms with E-state index in [9.17, 15) is 0 Å². The van der Waals surface area contributed by atoms with Crippen molar-refractivity contribution in [2.45, 2.75) is 0 Å². The maximum absolute atomic E-state index is 2.41. The van der Waals surface area contributed by atoms with E-state index in [4.69, 9.17) is 0 Å². The molecule has 2 N–H and O–H groups in total. The summed E-state index contributed by atoms with van der Waals surface area (Å²) in [4.78, 5) is 0. The molecule has 0 bridgehead atoms. The standard InChI is InChI=1S/C39H26N2/c1-41-37-23-34-30-18-16-26-12-14-28(24-8-4-2-5-9-24)20-32(26)38(30)40-36(34)22-35(37)31-19-17-27-13-15-29(21-33(27)39(31)41)25-10-6-3-7-11-25/h2-23,40H,1H3/p+1. The van der Waals surface area contributed by atoms with Gasteiger partial charge in [0.05, 0.1) is 11.1 Å². The Morgan fingerprint density at radius 3 is 1.78 bits per heavy atom. The molecule has 1 aliphatic rings. The second-order valence-electron chi connectivity index (χ2n) is 11.3. The number of rotatable bonds is 2. The molecule has 0 atom stereocenters. The summed E-state index contributed by atoms with van der Waals surface area (Å²) in [6, 6.07) is 49.0. The number of nitrogens with two attached hydrogens (primary N) is 1. The zero-order chi connectivity index (χ0) is 27.1. The summed E-state index contributed by atoms with van der Waals surface area (Å²) in [7, 11) is 2.22. The van der Waals surface area contributed by atoms with Crippen molar-refractivity contribution < 1.29 is 5.32 Å². The van der Waals surface area contributed by atoms with Gasteiger partial charge in [-0.25, -0.2) is 0 Å². The van der Waals surface area contributed by atoms with Crippen molar-refractivity contribution in [1.82, 2.24) is 4.57 Å². The zero-order valence-electron chi connectivity index (χ0n) is 22.7. The molecular formula is C39H27N2+. The first kappa shape index (κ1) is 22.6. The van der Waals surface area contributed by atoms with Crippen LogP contribution >= 0.6 is 0 Å². The summed E-state index contributed by atoms with van der Waals surface area (Å²) in [5.74, 6) is 0. The van der Waals surface area contributed by atoms with Gasteiger partial charge in [-0.3, -0.25) is 5.32 Å². The highest BCUT2D eigenvalue weighted by molar-refractivity contribution is 6.20. The van der Waals surface area contributed by atoms with Crippen LogP contribution in [0.1, 0.15) is 0 Å². The average Bonchev–Trinajstić information content (AvgIpc) is 3.55. The lowest BCUT2D eigenvalue weighted by Gasteiger charge is -2.07. The Morgan fingerprint density at radius 1 is 0.463 bits per heavy atom. The molecule has 0 amide bonds. The van der Waals surface area contributed by atoms with Gasteiger partial charge >= 0.3 is 0 Å². The third-order valence-corrected chi connectivity index (χ3v) is 9.02. The summed E-state index contributed by atoms with van der Waals surface area (Å²) < 4.78 is 2.40. The Balaban J connectivity index is 1.25. The van der Waals surface area contributed by atoms with E-state index in [2.05, 4.69) is 150 Å².